The molecule has 6 heteroatoms. The molecule has 1 fully saturated rings. The van der Waals surface area contributed by atoms with E-state index in [0.717, 1.165) is 36.2 Å². The number of amides is 1. The Labute approximate surface area is 129 Å². The molecule has 0 spiro atoms. The van der Waals surface area contributed by atoms with Crippen LogP contribution >= 0.6 is 0 Å². The van der Waals surface area contributed by atoms with Crippen molar-refractivity contribution in [2.24, 2.45) is 7.05 Å². The molecule has 3 rings (SSSR count). The van der Waals surface area contributed by atoms with Crippen molar-refractivity contribution in [3.63, 3.8) is 0 Å². The average Bonchev–Trinajstić information content (AvgIpc) is 2.89. The van der Waals surface area contributed by atoms with Gasteiger partial charge in [0.1, 0.15) is 11.9 Å². The number of rotatable bonds is 5. The van der Waals surface area contributed by atoms with E-state index in [-0.39, 0.29) is 12.0 Å². The van der Waals surface area contributed by atoms with E-state index >= 15 is 0 Å². The first-order valence-electron chi connectivity index (χ1n) is 7.76. The smallest absolute Gasteiger partial charge is 0.250 e. The van der Waals surface area contributed by atoms with Crippen LogP contribution in [0.4, 0.5) is 0 Å². The third kappa shape index (κ3) is 3.28. The molecule has 2 aromatic rings. The van der Waals surface area contributed by atoms with Gasteiger partial charge in [-0.3, -0.25) is 4.79 Å². The third-order valence-electron chi connectivity index (χ3n) is 3.98. The fourth-order valence-electron chi connectivity index (χ4n) is 2.72. The lowest BCUT2D eigenvalue weighted by atomic mass is 10.2. The van der Waals surface area contributed by atoms with Gasteiger partial charge in [0.15, 0.2) is 0 Å². The zero-order valence-corrected chi connectivity index (χ0v) is 12.8. The van der Waals surface area contributed by atoms with Crippen LogP contribution in [0.2, 0.25) is 0 Å². The molecule has 0 aliphatic carbocycles. The minimum absolute atomic E-state index is 0.0304. The van der Waals surface area contributed by atoms with E-state index in [0.29, 0.717) is 19.7 Å². The van der Waals surface area contributed by atoms with Crippen molar-refractivity contribution in [3.05, 3.63) is 30.1 Å². The third-order valence-corrected chi connectivity index (χ3v) is 3.98. The number of hydrogen-bond acceptors (Lipinski definition) is 4. The van der Waals surface area contributed by atoms with Crippen LogP contribution in [0.3, 0.4) is 0 Å². The van der Waals surface area contributed by atoms with Crippen LogP contribution in [0.25, 0.3) is 11.0 Å². The Hall–Kier alpha value is -1.92. The van der Waals surface area contributed by atoms with E-state index in [1.54, 1.807) is 0 Å². The molecule has 1 amide bonds. The van der Waals surface area contributed by atoms with Crippen LogP contribution in [0.5, 0.6) is 0 Å². The molecule has 1 aliphatic rings. The van der Waals surface area contributed by atoms with Gasteiger partial charge in [0.25, 0.3) is 0 Å². The monoisotopic (exact) mass is 302 g/mol. The number of morpholine rings is 1. The van der Waals surface area contributed by atoms with Crippen molar-refractivity contribution < 1.29 is 9.53 Å². The maximum atomic E-state index is 11.9. The van der Waals surface area contributed by atoms with Crippen LogP contribution in [-0.4, -0.2) is 47.8 Å². The highest BCUT2D eigenvalue weighted by Gasteiger charge is 2.20. The average molecular weight is 302 g/mol. The maximum absolute atomic E-state index is 11.9. The van der Waals surface area contributed by atoms with E-state index in [4.69, 9.17) is 4.74 Å². The van der Waals surface area contributed by atoms with Gasteiger partial charge in [-0.05, 0) is 18.6 Å². The molecular weight excluding hydrogens is 280 g/mol. The van der Waals surface area contributed by atoms with Crippen LogP contribution < -0.4 is 10.6 Å². The SMILES string of the molecule is Cn1c(CCCNC(=O)C2CNCCO2)nc2ccccc21. The van der Waals surface area contributed by atoms with Gasteiger partial charge >= 0.3 is 0 Å². The Balaban J connectivity index is 1.48. The molecule has 1 aromatic carbocycles. The number of aromatic nitrogens is 2. The number of nitrogens with zero attached hydrogens (tertiary/aromatic N) is 2. The Bertz CT molecular complexity index is 647. The summed E-state index contributed by atoms with van der Waals surface area (Å²) in [6, 6.07) is 8.11. The predicted molar refractivity (Wildman–Crippen MR) is 84.7 cm³/mol. The zero-order valence-electron chi connectivity index (χ0n) is 12.8. The molecule has 1 saturated heterocycles. The Morgan fingerprint density at radius 1 is 1.50 bits per heavy atom. The van der Waals surface area contributed by atoms with Crippen molar-refractivity contribution in [1.82, 2.24) is 20.2 Å². The number of para-hydroxylation sites is 2. The topological polar surface area (TPSA) is 68.2 Å². The molecular formula is C16H22N4O2. The molecule has 22 heavy (non-hydrogen) atoms. The number of imidazole rings is 1. The Kier molecular flexibility index (Phi) is 4.70. The second kappa shape index (κ2) is 6.89. The highest BCUT2D eigenvalue weighted by molar-refractivity contribution is 5.81. The quantitative estimate of drug-likeness (QED) is 0.794. The molecule has 1 aromatic heterocycles. The van der Waals surface area contributed by atoms with Gasteiger partial charge in [-0.25, -0.2) is 4.98 Å². The fourth-order valence-corrected chi connectivity index (χ4v) is 2.72. The van der Waals surface area contributed by atoms with Crippen LogP contribution in [0.1, 0.15) is 12.2 Å². The molecule has 1 aliphatic heterocycles. The highest BCUT2D eigenvalue weighted by Crippen LogP contribution is 2.14. The zero-order chi connectivity index (χ0) is 15.4. The second-order valence-electron chi connectivity index (χ2n) is 5.53. The molecule has 1 atom stereocenters. The standard InChI is InChI=1S/C16H22N4O2/c1-20-13-6-3-2-5-12(13)19-15(20)7-4-8-18-16(21)14-11-17-9-10-22-14/h2-3,5-6,14,17H,4,7-11H2,1H3,(H,18,21). The number of ether oxygens (including phenoxy) is 1. The number of nitrogens with one attached hydrogen (secondary N) is 2. The van der Waals surface area contributed by atoms with E-state index in [1.807, 2.05) is 25.2 Å². The lowest BCUT2D eigenvalue weighted by Crippen LogP contribution is -2.48. The van der Waals surface area contributed by atoms with Gasteiger partial charge in [-0.15, -0.1) is 0 Å². The molecule has 1 unspecified atom stereocenters. The van der Waals surface area contributed by atoms with Gasteiger partial charge in [-0.2, -0.15) is 0 Å². The molecule has 0 radical (unpaired) electrons. The van der Waals surface area contributed by atoms with Crippen LogP contribution in [-0.2, 0) is 23.0 Å². The van der Waals surface area contributed by atoms with Gasteiger partial charge in [0.05, 0.1) is 17.6 Å². The number of aryl methyl sites for hydroxylation is 2. The number of hydrogen-bond donors (Lipinski definition) is 2. The number of benzene rings is 1. The Morgan fingerprint density at radius 2 is 2.36 bits per heavy atom. The van der Waals surface area contributed by atoms with Gasteiger partial charge < -0.3 is 19.9 Å². The highest BCUT2D eigenvalue weighted by atomic mass is 16.5. The number of carbonyl (C=O) groups excluding carboxylic acids is 1. The van der Waals surface area contributed by atoms with E-state index < -0.39 is 0 Å². The first kappa shape index (κ1) is 15.0. The van der Waals surface area contributed by atoms with Gasteiger partial charge in [0.2, 0.25) is 5.91 Å². The lowest BCUT2D eigenvalue weighted by molar-refractivity contribution is -0.134. The number of carbonyl (C=O) groups is 1. The van der Waals surface area contributed by atoms with Crippen LogP contribution in [0, 0.1) is 0 Å². The maximum Gasteiger partial charge on any atom is 0.250 e. The first-order valence-corrected chi connectivity index (χ1v) is 7.76. The second-order valence-corrected chi connectivity index (χ2v) is 5.53. The summed E-state index contributed by atoms with van der Waals surface area (Å²) in [4.78, 5) is 16.6. The largest absolute Gasteiger partial charge is 0.366 e. The summed E-state index contributed by atoms with van der Waals surface area (Å²) in [5.41, 5.74) is 2.16. The van der Waals surface area contributed by atoms with Crippen molar-refractivity contribution in [2.45, 2.75) is 18.9 Å². The minimum Gasteiger partial charge on any atom is -0.366 e. The molecule has 6 nitrogen and oxygen atoms in total. The van der Waals surface area contributed by atoms with E-state index in [1.165, 1.54) is 0 Å². The molecule has 0 saturated carbocycles. The normalized spacial score (nSPS) is 18.5. The summed E-state index contributed by atoms with van der Waals surface area (Å²) in [7, 11) is 2.03. The summed E-state index contributed by atoms with van der Waals surface area (Å²) in [5, 5.41) is 6.09. The summed E-state index contributed by atoms with van der Waals surface area (Å²) < 4.78 is 7.54. The summed E-state index contributed by atoms with van der Waals surface area (Å²) in [5.74, 6) is 1.02. The molecule has 2 heterocycles. The van der Waals surface area contributed by atoms with E-state index in [2.05, 4.69) is 26.3 Å². The van der Waals surface area contributed by atoms with Gasteiger partial charge in [-0.1, -0.05) is 12.1 Å². The van der Waals surface area contributed by atoms with Crippen molar-refractivity contribution >= 4 is 16.9 Å². The summed E-state index contributed by atoms with van der Waals surface area (Å²) >= 11 is 0. The lowest BCUT2D eigenvalue weighted by Gasteiger charge is -2.22. The number of fused-ring (bicyclic) bond motifs is 1. The summed E-state index contributed by atoms with van der Waals surface area (Å²) in [6.45, 7) is 2.65. The van der Waals surface area contributed by atoms with Crippen molar-refractivity contribution in [1.29, 1.82) is 0 Å². The van der Waals surface area contributed by atoms with Crippen molar-refractivity contribution in [2.75, 3.05) is 26.2 Å². The minimum atomic E-state index is -0.357. The molecule has 2 N–H and O–H groups in total. The predicted octanol–water partition coefficient (Wildman–Crippen LogP) is 0.611. The van der Waals surface area contributed by atoms with Gasteiger partial charge in [0, 0.05) is 33.1 Å². The first-order chi connectivity index (χ1) is 10.8. The van der Waals surface area contributed by atoms with E-state index in [9.17, 15) is 4.79 Å². The summed E-state index contributed by atoms with van der Waals surface area (Å²) in [6.07, 6.45) is 1.35. The fraction of sp³-hybridized carbons (Fsp3) is 0.500. The molecule has 118 valence electrons. The molecule has 0 bridgehead atoms. The Morgan fingerprint density at radius 3 is 3.14 bits per heavy atom. The van der Waals surface area contributed by atoms with Crippen LogP contribution in [0.15, 0.2) is 24.3 Å². The van der Waals surface area contributed by atoms with Crippen molar-refractivity contribution in [3.8, 4) is 0 Å².